The predicted molar refractivity (Wildman–Crippen MR) is 88.1 cm³/mol. The van der Waals surface area contributed by atoms with Crippen molar-refractivity contribution in [2.75, 3.05) is 7.11 Å². The number of hydrogen-bond acceptors (Lipinski definition) is 4. The SMILES string of the molecule is COc1ccc(C(C)=O)cc1Cn1c(=O)cnc2ccccc21. The van der Waals surface area contributed by atoms with Crippen molar-refractivity contribution < 1.29 is 9.53 Å². The van der Waals surface area contributed by atoms with Crippen molar-refractivity contribution in [1.29, 1.82) is 0 Å². The molecule has 0 spiro atoms. The molecule has 0 bridgehead atoms. The Bertz CT molecular complexity index is 944. The molecule has 0 aliphatic heterocycles. The number of carbonyl (C=O) groups excluding carboxylic acids is 1. The molecular weight excluding hydrogens is 292 g/mol. The number of methoxy groups -OCH3 is 1. The molecular formula is C18H16N2O3. The lowest BCUT2D eigenvalue weighted by atomic mass is 10.1. The van der Waals surface area contributed by atoms with Crippen LogP contribution in [-0.2, 0) is 6.54 Å². The summed E-state index contributed by atoms with van der Waals surface area (Å²) < 4.78 is 6.99. The van der Waals surface area contributed by atoms with Gasteiger partial charge in [-0.1, -0.05) is 12.1 Å². The van der Waals surface area contributed by atoms with E-state index in [9.17, 15) is 9.59 Å². The topological polar surface area (TPSA) is 61.2 Å². The fraction of sp³-hybridized carbons (Fsp3) is 0.167. The molecule has 3 aromatic rings. The normalized spacial score (nSPS) is 10.7. The van der Waals surface area contributed by atoms with Crippen LogP contribution in [0.1, 0.15) is 22.8 Å². The summed E-state index contributed by atoms with van der Waals surface area (Å²) in [6, 6.07) is 12.7. The smallest absolute Gasteiger partial charge is 0.269 e. The quantitative estimate of drug-likeness (QED) is 0.695. The molecule has 0 atom stereocenters. The summed E-state index contributed by atoms with van der Waals surface area (Å²) in [4.78, 5) is 28.0. The second-order valence-electron chi connectivity index (χ2n) is 5.25. The number of nitrogens with zero attached hydrogens (tertiary/aromatic N) is 2. The van der Waals surface area contributed by atoms with Crippen LogP contribution < -0.4 is 10.3 Å². The van der Waals surface area contributed by atoms with Gasteiger partial charge in [0, 0.05) is 11.1 Å². The number of benzene rings is 2. The lowest BCUT2D eigenvalue weighted by Crippen LogP contribution is -2.21. The Balaban J connectivity index is 2.16. The number of para-hydroxylation sites is 2. The van der Waals surface area contributed by atoms with Crippen LogP contribution in [0.25, 0.3) is 11.0 Å². The maximum atomic E-state index is 12.2. The van der Waals surface area contributed by atoms with Crippen LogP contribution in [0.2, 0.25) is 0 Å². The Morgan fingerprint density at radius 3 is 2.74 bits per heavy atom. The zero-order valence-corrected chi connectivity index (χ0v) is 12.9. The number of fused-ring (bicyclic) bond motifs is 1. The van der Waals surface area contributed by atoms with Gasteiger partial charge in [-0.25, -0.2) is 4.98 Å². The number of Topliss-reactive ketones (excluding diaryl/α,β-unsaturated/α-hetero) is 1. The highest BCUT2D eigenvalue weighted by Crippen LogP contribution is 2.22. The average Bonchev–Trinajstić information content (AvgIpc) is 2.57. The minimum absolute atomic E-state index is 0.0270. The number of ketones is 1. The molecule has 5 nitrogen and oxygen atoms in total. The van der Waals surface area contributed by atoms with Gasteiger partial charge in [-0.2, -0.15) is 0 Å². The molecule has 1 aromatic heterocycles. The van der Waals surface area contributed by atoms with Gasteiger partial charge in [0.2, 0.25) is 0 Å². The first-order valence-electron chi connectivity index (χ1n) is 7.22. The highest BCUT2D eigenvalue weighted by molar-refractivity contribution is 5.94. The van der Waals surface area contributed by atoms with Gasteiger partial charge in [0.1, 0.15) is 5.75 Å². The first kappa shape index (κ1) is 15.0. The van der Waals surface area contributed by atoms with E-state index in [-0.39, 0.29) is 11.3 Å². The number of rotatable bonds is 4. The van der Waals surface area contributed by atoms with Crippen molar-refractivity contribution in [1.82, 2.24) is 9.55 Å². The van der Waals surface area contributed by atoms with Gasteiger partial charge < -0.3 is 9.30 Å². The van der Waals surface area contributed by atoms with E-state index in [0.29, 0.717) is 17.9 Å². The van der Waals surface area contributed by atoms with Crippen molar-refractivity contribution in [3.05, 3.63) is 70.1 Å². The Morgan fingerprint density at radius 1 is 1.22 bits per heavy atom. The molecule has 0 aliphatic rings. The van der Waals surface area contributed by atoms with Gasteiger partial charge in [0.15, 0.2) is 5.78 Å². The van der Waals surface area contributed by atoms with Gasteiger partial charge in [-0.3, -0.25) is 9.59 Å². The highest BCUT2D eigenvalue weighted by atomic mass is 16.5. The second kappa shape index (κ2) is 6.04. The second-order valence-corrected chi connectivity index (χ2v) is 5.25. The molecule has 1 heterocycles. The van der Waals surface area contributed by atoms with Crippen molar-refractivity contribution in [2.24, 2.45) is 0 Å². The van der Waals surface area contributed by atoms with Crippen LogP contribution in [0.15, 0.2) is 53.5 Å². The van der Waals surface area contributed by atoms with E-state index < -0.39 is 0 Å². The van der Waals surface area contributed by atoms with Gasteiger partial charge in [-0.05, 0) is 37.3 Å². The molecule has 0 amide bonds. The van der Waals surface area contributed by atoms with Gasteiger partial charge in [0.05, 0.1) is 30.9 Å². The Labute approximate surface area is 133 Å². The van der Waals surface area contributed by atoms with E-state index in [1.54, 1.807) is 29.9 Å². The van der Waals surface area contributed by atoms with Crippen LogP contribution in [0.5, 0.6) is 5.75 Å². The minimum atomic E-state index is -0.195. The number of hydrogen-bond donors (Lipinski definition) is 0. The maximum Gasteiger partial charge on any atom is 0.269 e. The zero-order valence-electron chi connectivity index (χ0n) is 12.9. The summed E-state index contributed by atoms with van der Waals surface area (Å²) in [5.41, 5.74) is 2.66. The number of aromatic nitrogens is 2. The average molecular weight is 308 g/mol. The molecule has 116 valence electrons. The fourth-order valence-corrected chi connectivity index (χ4v) is 2.57. The highest BCUT2D eigenvalue weighted by Gasteiger charge is 2.11. The molecule has 0 aliphatic carbocycles. The monoisotopic (exact) mass is 308 g/mol. The summed E-state index contributed by atoms with van der Waals surface area (Å²) in [7, 11) is 1.57. The fourth-order valence-electron chi connectivity index (χ4n) is 2.57. The van der Waals surface area contributed by atoms with E-state index >= 15 is 0 Å². The molecule has 23 heavy (non-hydrogen) atoms. The molecule has 5 heteroatoms. The van der Waals surface area contributed by atoms with E-state index in [2.05, 4.69) is 4.98 Å². The third kappa shape index (κ3) is 2.85. The Hall–Kier alpha value is -2.95. The van der Waals surface area contributed by atoms with Crippen molar-refractivity contribution in [3.8, 4) is 5.75 Å². The maximum absolute atomic E-state index is 12.2. The Kier molecular flexibility index (Phi) is 3.93. The van der Waals surface area contributed by atoms with E-state index in [0.717, 1.165) is 16.6 Å². The van der Waals surface area contributed by atoms with Crippen LogP contribution >= 0.6 is 0 Å². The largest absolute Gasteiger partial charge is 0.496 e. The van der Waals surface area contributed by atoms with E-state index in [1.165, 1.54) is 13.1 Å². The number of carbonyl (C=O) groups is 1. The molecule has 3 rings (SSSR count). The summed E-state index contributed by atoms with van der Waals surface area (Å²) in [5, 5.41) is 0. The summed E-state index contributed by atoms with van der Waals surface area (Å²) in [5.74, 6) is 0.614. The van der Waals surface area contributed by atoms with E-state index in [4.69, 9.17) is 4.74 Å². The van der Waals surface area contributed by atoms with Crippen molar-refractivity contribution in [3.63, 3.8) is 0 Å². The van der Waals surface area contributed by atoms with Gasteiger partial charge in [-0.15, -0.1) is 0 Å². The van der Waals surface area contributed by atoms with Crippen LogP contribution in [0.4, 0.5) is 0 Å². The van der Waals surface area contributed by atoms with Crippen molar-refractivity contribution >= 4 is 16.8 Å². The lowest BCUT2D eigenvalue weighted by Gasteiger charge is -2.13. The number of ether oxygens (including phenoxy) is 1. The van der Waals surface area contributed by atoms with Crippen molar-refractivity contribution in [2.45, 2.75) is 13.5 Å². The molecule has 0 unspecified atom stereocenters. The van der Waals surface area contributed by atoms with E-state index in [1.807, 2.05) is 24.3 Å². The first-order valence-corrected chi connectivity index (χ1v) is 7.22. The van der Waals surface area contributed by atoms with Gasteiger partial charge in [0.25, 0.3) is 5.56 Å². The van der Waals surface area contributed by atoms with Crippen LogP contribution in [0.3, 0.4) is 0 Å². The summed E-state index contributed by atoms with van der Waals surface area (Å²) in [6.45, 7) is 1.83. The predicted octanol–water partition coefficient (Wildman–Crippen LogP) is 2.66. The Morgan fingerprint density at radius 2 is 2.00 bits per heavy atom. The summed E-state index contributed by atoms with van der Waals surface area (Å²) >= 11 is 0. The minimum Gasteiger partial charge on any atom is -0.496 e. The molecule has 0 saturated carbocycles. The molecule has 0 N–H and O–H groups in total. The molecule has 0 fully saturated rings. The molecule has 2 aromatic carbocycles. The van der Waals surface area contributed by atoms with Gasteiger partial charge >= 0.3 is 0 Å². The summed E-state index contributed by atoms with van der Waals surface area (Å²) in [6.07, 6.45) is 1.31. The third-order valence-electron chi connectivity index (χ3n) is 3.77. The molecule has 0 radical (unpaired) electrons. The van der Waals surface area contributed by atoms with Crippen LogP contribution in [-0.4, -0.2) is 22.4 Å². The first-order chi connectivity index (χ1) is 11.1. The van der Waals surface area contributed by atoms with Crippen LogP contribution in [0, 0.1) is 0 Å². The molecule has 0 saturated heterocycles. The standard InChI is InChI=1S/C18H16N2O3/c1-12(21)13-7-8-17(23-2)14(9-13)11-20-16-6-4-3-5-15(16)19-10-18(20)22/h3-10H,11H2,1-2H3. The third-order valence-corrected chi connectivity index (χ3v) is 3.77. The lowest BCUT2D eigenvalue weighted by molar-refractivity contribution is 0.101. The zero-order chi connectivity index (χ0) is 16.4.